The summed E-state index contributed by atoms with van der Waals surface area (Å²) in [5, 5.41) is 11.1. The van der Waals surface area contributed by atoms with Crippen LogP contribution in [-0.4, -0.2) is 41.3 Å². The summed E-state index contributed by atoms with van der Waals surface area (Å²) >= 11 is 1.69. The van der Waals surface area contributed by atoms with E-state index in [1.807, 2.05) is 50.5 Å². The van der Waals surface area contributed by atoms with Crippen LogP contribution in [0.15, 0.2) is 36.5 Å². The molecule has 1 aromatic carbocycles. The fourth-order valence-corrected chi connectivity index (χ4v) is 2.81. The van der Waals surface area contributed by atoms with Gasteiger partial charge in [0.2, 0.25) is 0 Å². The molecule has 0 aliphatic rings. The molecular formula is C15H20N2O2S. The molecule has 0 bridgehead atoms. The molecule has 2 rings (SSSR count). The van der Waals surface area contributed by atoms with Crippen LogP contribution in [0.1, 0.15) is 9.88 Å². The van der Waals surface area contributed by atoms with Crippen molar-refractivity contribution in [1.29, 1.82) is 0 Å². The lowest BCUT2D eigenvalue weighted by Gasteiger charge is -2.20. The van der Waals surface area contributed by atoms with Crippen molar-refractivity contribution in [3.05, 3.63) is 46.4 Å². The fourth-order valence-electron chi connectivity index (χ4n) is 1.93. The third kappa shape index (κ3) is 4.92. The monoisotopic (exact) mass is 292 g/mol. The molecular weight excluding hydrogens is 272 g/mol. The van der Waals surface area contributed by atoms with E-state index in [4.69, 9.17) is 4.74 Å². The first-order valence-corrected chi connectivity index (χ1v) is 7.41. The van der Waals surface area contributed by atoms with Gasteiger partial charge in [0.05, 0.1) is 5.01 Å². The molecule has 0 aliphatic heterocycles. The van der Waals surface area contributed by atoms with Crippen molar-refractivity contribution < 1.29 is 9.84 Å². The molecule has 5 heteroatoms. The van der Waals surface area contributed by atoms with Crippen molar-refractivity contribution >= 4 is 11.3 Å². The van der Waals surface area contributed by atoms with Gasteiger partial charge in [-0.05, 0) is 26.1 Å². The summed E-state index contributed by atoms with van der Waals surface area (Å²) in [6, 6.07) is 9.54. The molecule has 20 heavy (non-hydrogen) atoms. The van der Waals surface area contributed by atoms with Crippen LogP contribution in [0.25, 0.3) is 0 Å². The average Bonchev–Trinajstić information content (AvgIpc) is 2.83. The molecule has 1 N–H and O–H groups in total. The van der Waals surface area contributed by atoms with Crippen LogP contribution < -0.4 is 4.74 Å². The highest BCUT2D eigenvalue weighted by atomic mass is 32.1. The minimum Gasteiger partial charge on any atom is -0.491 e. The number of nitrogens with zero attached hydrogens (tertiary/aromatic N) is 2. The van der Waals surface area contributed by atoms with Crippen molar-refractivity contribution in [2.24, 2.45) is 0 Å². The van der Waals surface area contributed by atoms with E-state index in [1.54, 1.807) is 11.3 Å². The van der Waals surface area contributed by atoms with Crippen LogP contribution in [0.5, 0.6) is 5.75 Å². The Labute approximate surface area is 123 Å². The number of hydrogen-bond acceptors (Lipinski definition) is 5. The third-order valence-electron chi connectivity index (χ3n) is 2.80. The maximum absolute atomic E-state index is 9.99. The van der Waals surface area contributed by atoms with E-state index in [0.29, 0.717) is 13.2 Å². The molecule has 4 nitrogen and oxygen atoms in total. The molecule has 1 atom stereocenters. The van der Waals surface area contributed by atoms with Gasteiger partial charge in [-0.15, -0.1) is 11.3 Å². The number of aliphatic hydroxyl groups excluding tert-OH is 1. The zero-order chi connectivity index (χ0) is 14.4. The first kappa shape index (κ1) is 15.0. The molecule has 1 unspecified atom stereocenters. The third-order valence-corrected chi connectivity index (χ3v) is 3.70. The topological polar surface area (TPSA) is 45.6 Å². The highest BCUT2D eigenvalue weighted by Gasteiger charge is 2.10. The maximum atomic E-state index is 9.99. The predicted octanol–water partition coefficient (Wildman–Crippen LogP) is 2.32. The Morgan fingerprint density at radius 2 is 2.10 bits per heavy atom. The van der Waals surface area contributed by atoms with E-state index in [0.717, 1.165) is 17.3 Å². The molecule has 108 valence electrons. The Balaban J connectivity index is 1.72. The number of rotatable bonds is 7. The van der Waals surface area contributed by atoms with Gasteiger partial charge in [0.25, 0.3) is 0 Å². The van der Waals surface area contributed by atoms with Crippen LogP contribution in [0.4, 0.5) is 0 Å². The fraction of sp³-hybridized carbons (Fsp3) is 0.400. The lowest BCUT2D eigenvalue weighted by Crippen LogP contribution is -2.32. The number of likely N-dealkylation sites (N-methyl/N-ethyl adjacent to an activating group) is 1. The lowest BCUT2D eigenvalue weighted by atomic mass is 10.3. The van der Waals surface area contributed by atoms with Crippen LogP contribution in [0.3, 0.4) is 0 Å². The zero-order valence-corrected chi connectivity index (χ0v) is 12.6. The van der Waals surface area contributed by atoms with E-state index in [2.05, 4.69) is 9.88 Å². The van der Waals surface area contributed by atoms with E-state index >= 15 is 0 Å². The highest BCUT2D eigenvalue weighted by Crippen LogP contribution is 2.14. The van der Waals surface area contributed by atoms with Gasteiger partial charge >= 0.3 is 0 Å². The summed E-state index contributed by atoms with van der Waals surface area (Å²) in [6.45, 7) is 3.67. The van der Waals surface area contributed by atoms with Crippen LogP contribution in [0.2, 0.25) is 0 Å². The van der Waals surface area contributed by atoms with Gasteiger partial charge < -0.3 is 9.84 Å². The number of aryl methyl sites for hydroxylation is 1. The van der Waals surface area contributed by atoms with Gasteiger partial charge in [-0.25, -0.2) is 4.98 Å². The molecule has 0 aliphatic carbocycles. The minimum absolute atomic E-state index is 0.302. The number of ether oxygens (including phenoxy) is 1. The maximum Gasteiger partial charge on any atom is 0.119 e. The van der Waals surface area contributed by atoms with Crippen LogP contribution >= 0.6 is 11.3 Å². The quantitative estimate of drug-likeness (QED) is 0.851. The van der Waals surface area contributed by atoms with Gasteiger partial charge in [-0.1, -0.05) is 18.2 Å². The van der Waals surface area contributed by atoms with E-state index in [9.17, 15) is 5.11 Å². The van der Waals surface area contributed by atoms with E-state index < -0.39 is 6.10 Å². The number of aliphatic hydroxyl groups is 1. The Morgan fingerprint density at radius 1 is 1.35 bits per heavy atom. The number of aromatic nitrogens is 1. The average molecular weight is 292 g/mol. The molecule has 0 amide bonds. The SMILES string of the molecule is Cc1ncc(CN(C)CC(O)COc2ccccc2)s1. The molecule has 0 saturated carbocycles. The Bertz CT molecular complexity index is 516. The van der Waals surface area contributed by atoms with Gasteiger partial charge in [0.1, 0.15) is 18.5 Å². The number of para-hydroxylation sites is 1. The molecule has 1 aromatic heterocycles. The normalized spacial score (nSPS) is 12.6. The van der Waals surface area contributed by atoms with Gasteiger partial charge in [0.15, 0.2) is 0 Å². The van der Waals surface area contributed by atoms with E-state index in [-0.39, 0.29) is 0 Å². The molecule has 0 radical (unpaired) electrons. The summed E-state index contributed by atoms with van der Waals surface area (Å²) in [6.07, 6.45) is 1.39. The molecule has 2 aromatic rings. The number of benzene rings is 1. The van der Waals surface area contributed by atoms with Gasteiger partial charge in [0, 0.05) is 24.2 Å². The standard InChI is InChI=1S/C15H20N2O2S/c1-12-16-8-15(20-12)10-17(2)9-13(18)11-19-14-6-4-3-5-7-14/h3-8,13,18H,9-11H2,1-2H3. The van der Waals surface area contributed by atoms with Crippen molar-refractivity contribution in [3.8, 4) is 5.75 Å². The predicted molar refractivity (Wildman–Crippen MR) is 81.1 cm³/mol. The molecule has 0 saturated heterocycles. The second-order valence-electron chi connectivity index (χ2n) is 4.82. The zero-order valence-electron chi connectivity index (χ0n) is 11.8. The van der Waals surface area contributed by atoms with E-state index in [1.165, 1.54) is 4.88 Å². The molecule has 0 fully saturated rings. The van der Waals surface area contributed by atoms with Crippen molar-refractivity contribution in [1.82, 2.24) is 9.88 Å². The lowest BCUT2D eigenvalue weighted by molar-refractivity contribution is 0.0746. The van der Waals surface area contributed by atoms with Crippen LogP contribution in [-0.2, 0) is 6.54 Å². The Hall–Kier alpha value is -1.43. The highest BCUT2D eigenvalue weighted by molar-refractivity contribution is 7.11. The number of hydrogen-bond donors (Lipinski definition) is 1. The first-order chi connectivity index (χ1) is 9.63. The second kappa shape index (κ2) is 7.38. The summed E-state index contributed by atoms with van der Waals surface area (Å²) in [4.78, 5) is 7.51. The Kier molecular flexibility index (Phi) is 5.52. The van der Waals surface area contributed by atoms with Gasteiger partial charge in [-0.2, -0.15) is 0 Å². The van der Waals surface area contributed by atoms with Gasteiger partial charge in [-0.3, -0.25) is 4.90 Å². The molecule has 0 spiro atoms. The summed E-state index contributed by atoms with van der Waals surface area (Å²) in [5.41, 5.74) is 0. The number of thiazole rings is 1. The summed E-state index contributed by atoms with van der Waals surface area (Å²) < 4.78 is 5.54. The summed E-state index contributed by atoms with van der Waals surface area (Å²) in [7, 11) is 1.99. The van der Waals surface area contributed by atoms with Crippen LogP contribution in [0, 0.1) is 6.92 Å². The largest absolute Gasteiger partial charge is 0.491 e. The van der Waals surface area contributed by atoms with Crippen molar-refractivity contribution in [2.45, 2.75) is 19.6 Å². The Morgan fingerprint density at radius 3 is 2.75 bits per heavy atom. The first-order valence-electron chi connectivity index (χ1n) is 6.59. The van der Waals surface area contributed by atoms with Crippen molar-refractivity contribution in [3.63, 3.8) is 0 Å². The van der Waals surface area contributed by atoms with Crippen molar-refractivity contribution in [2.75, 3.05) is 20.2 Å². The second-order valence-corrected chi connectivity index (χ2v) is 6.14. The minimum atomic E-state index is -0.505. The smallest absolute Gasteiger partial charge is 0.119 e. The summed E-state index contributed by atoms with van der Waals surface area (Å²) in [5.74, 6) is 0.785. The molecule has 1 heterocycles.